The molecule has 1 heterocycles. The van der Waals surface area contributed by atoms with E-state index in [2.05, 4.69) is 0 Å². The second-order valence-corrected chi connectivity index (χ2v) is 9.66. The first kappa shape index (κ1) is 18.7. The molecule has 1 unspecified atom stereocenters. The molecule has 0 spiro atoms. The van der Waals surface area contributed by atoms with Gasteiger partial charge in [-0.2, -0.15) is 0 Å². The van der Waals surface area contributed by atoms with Gasteiger partial charge in [0, 0.05) is 10.9 Å². The summed E-state index contributed by atoms with van der Waals surface area (Å²) in [6.07, 6.45) is -0.452. The zero-order valence-corrected chi connectivity index (χ0v) is 15.7. The van der Waals surface area contributed by atoms with Crippen molar-refractivity contribution in [2.24, 2.45) is 5.92 Å². The Bertz CT molecular complexity index is 994. The lowest BCUT2D eigenvalue weighted by molar-refractivity contribution is 0.0395. The van der Waals surface area contributed by atoms with Gasteiger partial charge < -0.3 is 9.84 Å². The zero-order valence-electron chi connectivity index (χ0n) is 14.2. The van der Waals surface area contributed by atoms with E-state index in [1.165, 1.54) is 24.3 Å². The van der Waals surface area contributed by atoms with E-state index in [-0.39, 0.29) is 42.1 Å². The molecule has 4 nitrogen and oxygen atoms in total. The number of sulfone groups is 1. The van der Waals surface area contributed by atoms with Crippen LogP contribution in [-0.4, -0.2) is 26.2 Å². The van der Waals surface area contributed by atoms with Crippen molar-refractivity contribution in [1.82, 2.24) is 0 Å². The van der Waals surface area contributed by atoms with E-state index < -0.39 is 38.2 Å². The first-order valence-electron chi connectivity index (χ1n) is 8.57. The molecule has 1 N–H and O–H groups in total. The summed E-state index contributed by atoms with van der Waals surface area (Å²) in [6.45, 7) is -0.114. The first-order valence-corrected chi connectivity index (χ1v) is 10.4. The number of hydrogen-bond acceptors (Lipinski definition) is 4. The van der Waals surface area contributed by atoms with Crippen LogP contribution in [0.4, 0.5) is 8.78 Å². The minimum atomic E-state index is -4.13. The minimum absolute atomic E-state index is 0.0233. The van der Waals surface area contributed by atoms with Crippen LogP contribution in [-0.2, 0) is 14.6 Å². The Morgan fingerprint density at radius 3 is 2.48 bits per heavy atom. The SMILES string of the molecule is O=S(=O)(c1ccc(Cl)cc1)[C@@]12CCC(O)C[C@@H]1COc1c(F)ccc(F)c12. The fraction of sp³-hybridized carbons (Fsp3) is 0.368. The van der Waals surface area contributed by atoms with Gasteiger partial charge in [0.15, 0.2) is 21.4 Å². The van der Waals surface area contributed by atoms with Crippen LogP contribution >= 0.6 is 11.6 Å². The summed E-state index contributed by atoms with van der Waals surface area (Å²) in [6, 6.07) is 7.46. The maximum atomic E-state index is 14.9. The fourth-order valence-electron chi connectivity index (χ4n) is 4.32. The molecule has 2 aromatic rings. The van der Waals surface area contributed by atoms with Crippen LogP contribution in [0.3, 0.4) is 0 Å². The number of benzene rings is 2. The van der Waals surface area contributed by atoms with Gasteiger partial charge in [0.25, 0.3) is 0 Å². The highest BCUT2D eigenvalue weighted by Crippen LogP contribution is 2.56. The molecule has 4 rings (SSSR count). The first-order chi connectivity index (χ1) is 12.8. The van der Waals surface area contributed by atoms with Crippen LogP contribution in [0, 0.1) is 17.6 Å². The van der Waals surface area contributed by atoms with Crippen LogP contribution in [0.2, 0.25) is 5.02 Å². The lowest BCUT2D eigenvalue weighted by Gasteiger charge is -2.48. The van der Waals surface area contributed by atoms with Gasteiger partial charge in [0.1, 0.15) is 10.6 Å². The highest BCUT2D eigenvalue weighted by Gasteiger charge is 2.59. The Labute approximate surface area is 160 Å². The third kappa shape index (κ3) is 2.67. The summed E-state index contributed by atoms with van der Waals surface area (Å²) < 4.78 is 60.4. The number of ether oxygens (including phenoxy) is 1. The molecule has 0 saturated heterocycles. The third-order valence-electron chi connectivity index (χ3n) is 5.58. The monoisotopic (exact) mass is 414 g/mol. The molecule has 1 fully saturated rings. The molecule has 0 aromatic heterocycles. The second kappa shape index (κ2) is 6.43. The van der Waals surface area contributed by atoms with Crippen molar-refractivity contribution < 1.29 is 27.0 Å². The highest BCUT2D eigenvalue weighted by atomic mass is 35.5. The van der Waals surface area contributed by atoms with Gasteiger partial charge in [-0.05, 0) is 55.7 Å². The van der Waals surface area contributed by atoms with Crippen molar-refractivity contribution in [3.05, 3.63) is 58.6 Å². The third-order valence-corrected chi connectivity index (χ3v) is 8.42. The molecule has 0 radical (unpaired) electrons. The normalized spacial score (nSPS) is 27.4. The second-order valence-electron chi connectivity index (χ2n) is 7.02. The van der Waals surface area contributed by atoms with Crippen molar-refractivity contribution >= 4 is 21.4 Å². The fourth-order valence-corrected chi connectivity index (χ4v) is 6.81. The number of fused-ring (bicyclic) bond motifs is 3. The van der Waals surface area contributed by atoms with Gasteiger partial charge in [0.2, 0.25) is 0 Å². The average molecular weight is 415 g/mol. The molecular formula is C19H17ClF2O4S. The predicted octanol–water partition coefficient (Wildman–Crippen LogP) is 3.84. The van der Waals surface area contributed by atoms with Crippen LogP contribution in [0.15, 0.2) is 41.3 Å². The maximum Gasteiger partial charge on any atom is 0.188 e. The maximum absolute atomic E-state index is 14.9. The molecule has 2 aliphatic rings. The predicted molar refractivity (Wildman–Crippen MR) is 95.5 cm³/mol. The van der Waals surface area contributed by atoms with Crippen molar-refractivity contribution in [2.75, 3.05) is 6.61 Å². The summed E-state index contributed by atoms with van der Waals surface area (Å²) in [5, 5.41) is 10.4. The lowest BCUT2D eigenvalue weighted by Crippen LogP contribution is -2.53. The van der Waals surface area contributed by atoms with Gasteiger partial charge in [-0.25, -0.2) is 17.2 Å². The van der Waals surface area contributed by atoms with Crippen molar-refractivity contribution in [2.45, 2.75) is 35.0 Å². The smallest absolute Gasteiger partial charge is 0.188 e. The molecule has 8 heteroatoms. The van der Waals surface area contributed by atoms with Gasteiger partial charge in [-0.3, -0.25) is 0 Å². The molecule has 27 heavy (non-hydrogen) atoms. The molecule has 2 aromatic carbocycles. The molecule has 144 valence electrons. The summed E-state index contributed by atoms with van der Waals surface area (Å²) in [4.78, 5) is -0.0233. The Balaban J connectivity index is 2.02. The topological polar surface area (TPSA) is 63.6 Å². The van der Waals surface area contributed by atoms with Crippen molar-refractivity contribution in [1.29, 1.82) is 0 Å². The summed E-state index contributed by atoms with van der Waals surface area (Å²) in [5.74, 6) is -2.70. The molecule has 3 atom stereocenters. The molecule has 1 aliphatic heterocycles. The van der Waals surface area contributed by atoms with E-state index in [1.807, 2.05) is 0 Å². The molecule has 1 aliphatic carbocycles. The van der Waals surface area contributed by atoms with E-state index in [9.17, 15) is 22.3 Å². The largest absolute Gasteiger partial charge is 0.490 e. The van der Waals surface area contributed by atoms with Crippen LogP contribution < -0.4 is 4.74 Å². The van der Waals surface area contributed by atoms with Gasteiger partial charge in [-0.15, -0.1) is 0 Å². The van der Waals surface area contributed by atoms with Crippen LogP contribution in [0.5, 0.6) is 5.75 Å². The van der Waals surface area contributed by atoms with Gasteiger partial charge in [0.05, 0.1) is 23.2 Å². The number of aliphatic hydroxyl groups is 1. The standard InChI is InChI=1S/C19H17ClF2O4S/c20-12-1-3-14(4-2-12)27(24,25)19-8-7-13(23)9-11(19)10-26-18-16(22)6-5-15(21)17(18)19/h1-6,11,13,23H,7-10H2/t11-,13?,19+/m1/s1. The molecule has 0 bridgehead atoms. The quantitative estimate of drug-likeness (QED) is 0.811. The van der Waals surface area contributed by atoms with Gasteiger partial charge >= 0.3 is 0 Å². The van der Waals surface area contributed by atoms with Crippen LogP contribution in [0.1, 0.15) is 24.8 Å². The number of aliphatic hydroxyl groups excluding tert-OH is 1. The van der Waals surface area contributed by atoms with Gasteiger partial charge in [-0.1, -0.05) is 11.6 Å². The van der Waals surface area contributed by atoms with E-state index in [0.29, 0.717) is 5.02 Å². The molecular weight excluding hydrogens is 398 g/mol. The number of halogens is 3. The Morgan fingerprint density at radius 2 is 1.78 bits per heavy atom. The summed E-state index contributed by atoms with van der Waals surface area (Å²) >= 11 is 5.87. The average Bonchev–Trinajstić information content (AvgIpc) is 2.64. The molecule has 0 amide bonds. The minimum Gasteiger partial charge on any atom is -0.490 e. The summed E-state index contributed by atoms with van der Waals surface area (Å²) in [7, 11) is -4.13. The highest BCUT2D eigenvalue weighted by molar-refractivity contribution is 7.92. The Morgan fingerprint density at radius 1 is 1.11 bits per heavy atom. The Hall–Kier alpha value is -1.70. The van der Waals surface area contributed by atoms with E-state index in [4.69, 9.17) is 16.3 Å². The lowest BCUT2D eigenvalue weighted by atomic mass is 9.72. The van der Waals surface area contributed by atoms with E-state index in [1.54, 1.807) is 0 Å². The van der Waals surface area contributed by atoms with E-state index in [0.717, 1.165) is 12.1 Å². The van der Waals surface area contributed by atoms with Crippen molar-refractivity contribution in [3.63, 3.8) is 0 Å². The van der Waals surface area contributed by atoms with Crippen molar-refractivity contribution in [3.8, 4) is 5.75 Å². The molecule has 1 saturated carbocycles. The Kier molecular flexibility index (Phi) is 4.44. The van der Waals surface area contributed by atoms with E-state index >= 15 is 0 Å². The zero-order chi connectivity index (χ0) is 19.4. The number of hydrogen-bond donors (Lipinski definition) is 1. The number of rotatable bonds is 2. The summed E-state index contributed by atoms with van der Waals surface area (Å²) in [5.41, 5.74) is -0.277. The van der Waals surface area contributed by atoms with Crippen LogP contribution in [0.25, 0.3) is 0 Å².